The maximum absolute atomic E-state index is 12.5. The van der Waals surface area contributed by atoms with Crippen LogP contribution in [0.3, 0.4) is 0 Å². The van der Waals surface area contributed by atoms with Crippen molar-refractivity contribution in [1.82, 2.24) is 0 Å². The number of hydrogen-bond donors (Lipinski definition) is 2. The Kier molecular flexibility index (Phi) is 35.2. The topological polar surface area (TPSA) is 134 Å². The average molecular weight is 716 g/mol. The molecule has 10 heteroatoms. The SMILES string of the molecule is CCCCC=CCCCCCCCC(=O)OCC(COP(=O)(O)OCCN)OC(=O)CCCCCCCCCC=CCCCCCCCC. The van der Waals surface area contributed by atoms with Crippen LogP contribution in [0.15, 0.2) is 24.3 Å². The summed E-state index contributed by atoms with van der Waals surface area (Å²) in [7, 11) is -4.37. The number of phosphoric acid groups is 1. The van der Waals surface area contributed by atoms with E-state index in [4.69, 9.17) is 24.3 Å². The number of nitrogens with two attached hydrogens (primary N) is 1. The minimum Gasteiger partial charge on any atom is -0.462 e. The smallest absolute Gasteiger partial charge is 0.462 e. The Balaban J connectivity index is 4.19. The third-order valence-corrected chi connectivity index (χ3v) is 9.29. The van der Waals surface area contributed by atoms with Crippen LogP contribution >= 0.6 is 7.82 Å². The molecular weight excluding hydrogens is 641 g/mol. The lowest BCUT2D eigenvalue weighted by molar-refractivity contribution is -0.161. The molecule has 2 atom stereocenters. The lowest BCUT2D eigenvalue weighted by Crippen LogP contribution is -2.29. The molecular formula is C39H74NO8P. The Bertz CT molecular complexity index is 866. The fraction of sp³-hybridized carbons (Fsp3) is 0.846. The van der Waals surface area contributed by atoms with E-state index in [-0.39, 0.29) is 32.6 Å². The molecule has 0 heterocycles. The maximum atomic E-state index is 12.5. The summed E-state index contributed by atoms with van der Waals surface area (Å²) in [5, 5.41) is 0. The number of carbonyl (C=O) groups excluding carboxylic acids is 2. The monoisotopic (exact) mass is 716 g/mol. The first-order chi connectivity index (χ1) is 23.8. The van der Waals surface area contributed by atoms with Crippen molar-refractivity contribution in [3.63, 3.8) is 0 Å². The van der Waals surface area contributed by atoms with Crippen molar-refractivity contribution in [2.75, 3.05) is 26.4 Å². The van der Waals surface area contributed by atoms with Gasteiger partial charge in [-0.15, -0.1) is 0 Å². The molecule has 0 aliphatic rings. The van der Waals surface area contributed by atoms with Gasteiger partial charge in [-0.25, -0.2) is 4.57 Å². The zero-order valence-corrected chi connectivity index (χ0v) is 32.3. The molecule has 9 nitrogen and oxygen atoms in total. The van der Waals surface area contributed by atoms with E-state index >= 15 is 0 Å². The van der Waals surface area contributed by atoms with Gasteiger partial charge in [-0.1, -0.05) is 134 Å². The zero-order valence-electron chi connectivity index (χ0n) is 31.4. The highest BCUT2D eigenvalue weighted by Gasteiger charge is 2.25. The number of unbranched alkanes of at least 4 members (excludes halogenated alkanes) is 20. The average Bonchev–Trinajstić information content (AvgIpc) is 3.08. The number of hydrogen-bond acceptors (Lipinski definition) is 8. The van der Waals surface area contributed by atoms with Gasteiger partial charge in [0.1, 0.15) is 6.61 Å². The van der Waals surface area contributed by atoms with E-state index in [0.717, 1.165) is 70.6 Å². The second kappa shape index (κ2) is 36.3. The van der Waals surface area contributed by atoms with Crippen molar-refractivity contribution >= 4 is 19.8 Å². The third kappa shape index (κ3) is 36.1. The fourth-order valence-electron chi connectivity index (χ4n) is 5.31. The molecule has 0 aromatic carbocycles. The highest BCUT2D eigenvalue weighted by atomic mass is 31.2. The lowest BCUT2D eigenvalue weighted by Gasteiger charge is -2.19. The first-order valence-electron chi connectivity index (χ1n) is 19.8. The Morgan fingerprint density at radius 1 is 0.592 bits per heavy atom. The molecule has 0 bridgehead atoms. The van der Waals surface area contributed by atoms with Crippen molar-refractivity contribution in [3.8, 4) is 0 Å². The van der Waals surface area contributed by atoms with E-state index in [2.05, 4.69) is 38.2 Å². The number of ether oxygens (including phenoxy) is 2. The molecule has 0 amide bonds. The molecule has 0 rings (SSSR count). The Hall–Kier alpha value is -1.51. The molecule has 2 unspecified atom stereocenters. The summed E-state index contributed by atoms with van der Waals surface area (Å²) in [5.41, 5.74) is 5.33. The predicted octanol–water partition coefficient (Wildman–Crippen LogP) is 10.8. The molecule has 0 aromatic rings. The lowest BCUT2D eigenvalue weighted by atomic mass is 10.1. The van der Waals surface area contributed by atoms with Crippen LogP contribution in [0, 0.1) is 0 Å². The molecule has 0 fully saturated rings. The Labute approximate surface area is 300 Å². The van der Waals surface area contributed by atoms with Crippen molar-refractivity contribution in [2.24, 2.45) is 5.73 Å². The number of esters is 2. The fourth-order valence-corrected chi connectivity index (χ4v) is 6.08. The summed E-state index contributed by atoms with van der Waals surface area (Å²) in [4.78, 5) is 34.7. The summed E-state index contributed by atoms with van der Waals surface area (Å²) in [5.74, 6) is -0.844. The third-order valence-electron chi connectivity index (χ3n) is 8.31. The first kappa shape index (κ1) is 47.5. The van der Waals surface area contributed by atoms with Crippen LogP contribution in [0.1, 0.15) is 181 Å². The summed E-state index contributed by atoms with van der Waals surface area (Å²) >= 11 is 0. The molecule has 0 saturated heterocycles. The molecule has 0 radical (unpaired) electrons. The van der Waals surface area contributed by atoms with Gasteiger partial charge in [0.05, 0.1) is 13.2 Å². The second-order valence-corrected chi connectivity index (χ2v) is 14.6. The van der Waals surface area contributed by atoms with Crippen LogP contribution in [0.2, 0.25) is 0 Å². The van der Waals surface area contributed by atoms with E-state index in [0.29, 0.717) is 6.42 Å². The summed E-state index contributed by atoms with van der Waals surface area (Å²) in [6, 6.07) is 0. The van der Waals surface area contributed by atoms with Gasteiger partial charge in [0.25, 0.3) is 0 Å². The van der Waals surface area contributed by atoms with E-state index in [9.17, 15) is 19.0 Å². The Morgan fingerprint density at radius 2 is 1.02 bits per heavy atom. The van der Waals surface area contributed by atoms with E-state index < -0.39 is 32.5 Å². The van der Waals surface area contributed by atoms with Gasteiger partial charge in [-0.2, -0.15) is 0 Å². The normalized spacial score (nSPS) is 13.6. The predicted molar refractivity (Wildman–Crippen MR) is 201 cm³/mol. The standard InChI is InChI=1S/C39H74NO8P/c1-3-5-7-9-11-13-15-16-17-18-19-20-22-24-26-28-30-32-39(42)48-37(36-47-49(43,44)46-34-33-40)35-45-38(41)31-29-27-25-23-21-14-12-10-8-6-4-2/h10,12,16-17,37H,3-9,11,13-15,18-36,40H2,1-2H3,(H,43,44). The molecule has 49 heavy (non-hydrogen) atoms. The number of phosphoric ester groups is 1. The van der Waals surface area contributed by atoms with Gasteiger partial charge in [0.15, 0.2) is 6.10 Å². The van der Waals surface area contributed by atoms with Crippen molar-refractivity contribution in [1.29, 1.82) is 0 Å². The van der Waals surface area contributed by atoms with Crippen LogP contribution in [-0.2, 0) is 32.7 Å². The van der Waals surface area contributed by atoms with E-state index in [1.807, 2.05) is 0 Å². The Morgan fingerprint density at radius 3 is 1.51 bits per heavy atom. The number of allylic oxidation sites excluding steroid dienone is 4. The van der Waals surface area contributed by atoms with Gasteiger partial charge in [0.2, 0.25) is 0 Å². The zero-order chi connectivity index (χ0) is 36.1. The molecule has 0 saturated carbocycles. The maximum Gasteiger partial charge on any atom is 0.472 e. The van der Waals surface area contributed by atoms with Gasteiger partial charge in [-0.05, 0) is 57.8 Å². The molecule has 0 aliphatic heterocycles. The molecule has 0 aromatic heterocycles. The first-order valence-corrected chi connectivity index (χ1v) is 21.3. The quantitative estimate of drug-likeness (QED) is 0.0279. The molecule has 288 valence electrons. The highest BCUT2D eigenvalue weighted by Crippen LogP contribution is 2.43. The van der Waals surface area contributed by atoms with Crippen molar-refractivity contribution in [3.05, 3.63) is 24.3 Å². The summed E-state index contributed by atoms with van der Waals surface area (Å²) in [6.45, 7) is 3.67. The molecule has 3 N–H and O–H groups in total. The van der Waals surface area contributed by atoms with Crippen LogP contribution in [-0.4, -0.2) is 49.3 Å². The van der Waals surface area contributed by atoms with Crippen LogP contribution in [0.5, 0.6) is 0 Å². The van der Waals surface area contributed by atoms with Gasteiger partial charge < -0.3 is 20.1 Å². The van der Waals surface area contributed by atoms with E-state index in [1.54, 1.807) is 0 Å². The van der Waals surface area contributed by atoms with Gasteiger partial charge in [0, 0.05) is 19.4 Å². The number of carbonyl (C=O) groups is 2. The highest BCUT2D eigenvalue weighted by molar-refractivity contribution is 7.47. The second-order valence-electron chi connectivity index (χ2n) is 13.1. The largest absolute Gasteiger partial charge is 0.472 e. The van der Waals surface area contributed by atoms with Crippen LogP contribution < -0.4 is 5.73 Å². The van der Waals surface area contributed by atoms with Gasteiger partial charge >= 0.3 is 19.8 Å². The molecule has 0 spiro atoms. The summed E-state index contributed by atoms with van der Waals surface area (Å²) < 4.78 is 32.6. The van der Waals surface area contributed by atoms with E-state index in [1.165, 1.54) is 77.0 Å². The van der Waals surface area contributed by atoms with Crippen LogP contribution in [0.25, 0.3) is 0 Å². The van der Waals surface area contributed by atoms with Crippen LogP contribution in [0.4, 0.5) is 0 Å². The minimum absolute atomic E-state index is 0.0523. The van der Waals surface area contributed by atoms with Gasteiger partial charge in [-0.3, -0.25) is 18.6 Å². The number of rotatable bonds is 37. The molecule has 0 aliphatic carbocycles. The minimum atomic E-state index is -4.37. The van der Waals surface area contributed by atoms with Crippen molar-refractivity contribution in [2.45, 2.75) is 187 Å². The summed E-state index contributed by atoms with van der Waals surface area (Å²) in [6.07, 6.45) is 36.3. The van der Waals surface area contributed by atoms with Crippen molar-refractivity contribution < 1.29 is 37.6 Å².